The van der Waals surface area contributed by atoms with E-state index in [1.54, 1.807) is 0 Å². The fourth-order valence-electron chi connectivity index (χ4n) is 2.19. The van der Waals surface area contributed by atoms with E-state index in [1.807, 2.05) is 19.1 Å². The van der Waals surface area contributed by atoms with Crippen molar-refractivity contribution >= 4 is 0 Å². The van der Waals surface area contributed by atoms with Crippen LogP contribution in [0.15, 0.2) is 24.3 Å². The number of aliphatic hydroxyl groups is 1. The average Bonchev–Trinajstić information content (AvgIpc) is 2.54. The van der Waals surface area contributed by atoms with E-state index in [0.29, 0.717) is 6.54 Å². The molecule has 1 aromatic carbocycles. The summed E-state index contributed by atoms with van der Waals surface area (Å²) in [5, 5.41) is 10.4. The third-order valence-electron chi connectivity index (χ3n) is 3.38. The molecule has 2 nitrogen and oxygen atoms in total. The highest BCUT2D eigenvalue weighted by Crippen LogP contribution is 2.34. The molecule has 0 spiro atoms. The zero-order chi connectivity index (χ0) is 10.2. The molecule has 14 heavy (non-hydrogen) atoms. The number of benzene rings is 1. The van der Waals surface area contributed by atoms with Crippen LogP contribution in [-0.2, 0) is 12.8 Å². The lowest BCUT2D eigenvalue weighted by atomic mass is 9.86. The molecule has 0 amide bonds. The van der Waals surface area contributed by atoms with Crippen molar-refractivity contribution in [3.63, 3.8) is 0 Å². The van der Waals surface area contributed by atoms with Gasteiger partial charge in [0.25, 0.3) is 0 Å². The van der Waals surface area contributed by atoms with E-state index in [2.05, 4.69) is 12.1 Å². The fraction of sp³-hybridized carbons (Fsp3) is 0.500. The Morgan fingerprint density at radius 3 is 2.29 bits per heavy atom. The molecule has 1 atom stereocenters. The maximum Gasteiger partial charge on any atom is 0.0765 e. The second-order valence-electron chi connectivity index (χ2n) is 4.36. The van der Waals surface area contributed by atoms with Crippen LogP contribution in [0, 0.1) is 5.92 Å². The van der Waals surface area contributed by atoms with Crippen LogP contribution in [0.4, 0.5) is 0 Å². The lowest BCUT2D eigenvalue weighted by Crippen LogP contribution is -2.41. The summed E-state index contributed by atoms with van der Waals surface area (Å²) in [4.78, 5) is 0. The summed E-state index contributed by atoms with van der Waals surface area (Å²) in [5.41, 5.74) is 7.55. The minimum absolute atomic E-state index is 0.162. The first-order chi connectivity index (χ1) is 6.65. The largest absolute Gasteiger partial charge is 0.389 e. The molecule has 0 fully saturated rings. The van der Waals surface area contributed by atoms with Crippen LogP contribution in [0.25, 0.3) is 0 Å². The molecule has 1 unspecified atom stereocenters. The van der Waals surface area contributed by atoms with Crippen LogP contribution in [0.5, 0.6) is 0 Å². The quantitative estimate of drug-likeness (QED) is 0.735. The molecule has 0 aromatic heterocycles. The highest BCUT2D eigenvalue weighted by Gasteiger charge is 2.38. The Morgan fingerprint density at radius 1 is 1.36 bits per heavy atom. The molecular weight excluding hydrogens is 174 g/mol. The van der Waals surface area contributed by atoms with Gasteiger partial charge in [0.15, 0.2) is 0 Å². The van der Waals surface area contributed by atoms with Crippen LogP contribution >= 0.6 is 0 Å². The Balaban J connectivity index is 2.25. The van der Waals surface area contributed by atoms with E-state index >= 15 is 0 Å². The van der Waals surface area contributed by atoms with Gasteiger partial charge in [-0.15, -0.1) is 0 Å². The van der Waals surface area contributed by atoms with Gasteiger partial charge in [0, 0.05) is 12.8 Å². The molecule has 2 heteroatoms. The van der Waals surface area contributed by atoms with Gasteiger partial charge >= 0.3 is 0 Å². The average molecular weight is 191 g/mol. The van der Waals surface area contributed by atoms with Gasteiger partial charge < -0.3 is 10.8 Å². The number of nitrogens with two attached hydrogens (primary N) is 1. The first-order valence-corrected chi connectivity index (χ1v) is 5.15. The molecule has 1 aromatic rings. The third-order valence-corrected chi connectivity index (χ3v) is 3.38. The van der Waals surface area contributed by atoms with E-state index in [4.69, 9.17) is 5.73 Å². The van der Waals surface area contributed by atoms with Crippen LogP contribution in [-0.4, -0.2) is 17.3 Å². The summed E-state index contributed by atoms with van der Waals surface area (Å²) in [6, 6.07) is 8.24. The molecule has 0 bridgehead atoms. The molecule has 1 aliphatic carbocycles. The molecule has 76 valence electrons. The predicted octanol–water partition coefficient (Wildman–Crippen LogP) is 1.11. The van der Waals surface area contributed by atoms with Crippen LogP contribution in [0.1, 0.15) is 18.1 Å². The smallest absolute Gasteiger partial charge is 0.0765 e. The summed E-state index contributed by atoms with van der Waals surface area (Å²) < 4.78 is 0. The molecule has 0 radical (unpaired) electrons. The van der Waals surface area contributed by atoms with Gasteiger partial charge in [0.05, 0.1) is 5.60 Å². The van der Waals surface area contributed by atoms with Crippen LogP contribution in [0.3, 0.4) is 0 Å². The van der Waals surface area contributed by atoms with E-state index in [9.17, 15) is 5.11 Å². The minimum Gasteiger partial charge on any atom is -0.389 e. The van der Waals surface area contributed by atoms with Crippen molar-refractivity contribution in [2.75, 3.05) is 6.54 Å². The zero-order valence-electron chi connectivity index (χ0n) is 8.53. The molecule has 0 aliphatic heterocycles. The van der Waals surface area contributed by atoms with Crippen molar-refractivity contribution in [3.05, 3.63) is 35.4 Å². The van der Waals surface area contributed by atoms with E-state index in [1.165, 1.54) is 11.1 Å². The predicted molar refractivity (Wildman–Crippen MR) is 57.0 cm³/mol. The normalized spacial score (nSPS) is 20.5. The van der Waals surface area contributed by atoms with Gasteiger partial charge in [-0.1, -0.05) is 31.2 Å². The lowest BCUT2D eigenvalue weighted by molar-refractivity contribution is 0.00169. The molecular formula is C12H17NO. The molecule has 0 heterocycles. The Hall–Kier alpha value is -0.860. The summed E-state index contributed by atoms with van der Waals surface area (Å²) >= 11 is 0. The monoisotopic (exact) mass is 191 g/mol. The number of rotatable bonds is 2. The van der Waals surface area contributed by atoms with Crippen molar-refractivity contribution in [2.24, 2.45) is 11.7 Å². The van der Waals surface area contributed by atoms with Gasteiger partial charge in [-0.3, -0.25) is 0 Å². The number of hydrogen-bond donors (Lipinski definition) is 2. The minimum atomic E-state index is -0.613. The second-order valence-corrected chi connectivity index (χ2v) is 4.36. The van der Waals surface area contributed by atoms with E-state index in [-0.39, 0.29) is 5.92 Å². The zero-order valence-corrected chi connectivity index (χ0v) is 8.53. The lowest BCUT2D eigenvalue weighted by Gasteiger charge is -2.28. The third kappa shape index (κ3) is 1.45. The van der Waals surface area contributed by atoms with Crippen LogP contribution < -0.4 is 5.73 Å². The van der Waals surface area contributed by atoms with Crippen molar-refractivity contribution in [1.82, 2.24) is 0 Å². The number of fused-ring (bicyclic) bond motifs is 1. The SMILES string of the molecule is CC(CN)C1(O)Cc2ccccc2C1. The Labute approximate surface area is 84.7 Å². The van der Waals surface area contributed by atoms with E-state index in [0.717, 1.165) is 12.8 Å². The first-order valence-electron chi connectivity index (χ1n) is 5.15. The van der Waals surface area contributed by atoms with Crippen molar-refractivity contribution in [3.8, 4) is 0 Å². The summed E-state index contributed by atoms with van der Waals surface area (Å²) in [6.45, 7) is 2.57. The molecule has 1 aliphatic rings. The highest BCUT2D eigenvalue weighted by atomic mass is 16.3. The van der Waals surface area contributed by atoms with Crippen molar-refractivity contribution < 1.29 is 5.11 Å². The van der Waals surface area contributed by atoms with Gasteiger partial charge in [-0.05, 0) is 23.6 Å². The Bertz CT molecular complexity index is 310. The molecule has 0 saturated carbocycles. The van der Waals surface area contributed by atoms with Crippen LogP contribution in [0.2, 0.25) is 0 Å². The Morgan fingerprint density at radius 2 is 1.86 bits per heavy atom. The second kappa shape index (κ2) is 3.37. The molecule has 3 N–H and O–H groups in total. The standard InChI is InChI=1S/C12H17NO/c1-9(8-13)12(14)6-10-4-2-3-5-11(10)7-12/h2-5,9,14H,6-8,13H2,1H3. The highest BCUT2D eigenvalue weighted by molar-refractivity contribution is 5.35. The number of hydrogen-bond acceptors (Lipinski definition) is 2. The summed E-state index contributed by atoms with van der Waals surface area (Å²) in [7, 11) is 0. The maximum absolute atomic E-state index is 10.4. The molecule has 2 rings (SSSR count). The van der Waals surface area contributed by atoms with Gasteiger partial charge in [-0.2, -0.15) is 0 Å². The van der Waals surface area contributed by atoms with Gasteiger partial charge in [-0.25, -0.2) is 0 Å². The summed E-state index contributed by atoms with van der Waals surface area (Å²) in [6.07, 6.45) is 1.50. The maximum atomic E-state index is 10.4. The van der Waals surface area contributed by atoms with Gasteiger partial charge in [0.1, 0.15) is 0 Å². The molecule has 0 saturated heterocycles. The fourth-order valence-corrected chi connectivity index (χ4v) is 2.19. The van der Waals surface area contributed by atoms with Crippen molar-refractivity contribution in [2.45, 2.75) is 25.4 Å². The summed E-state index contributed by atoms with van der Waals surface area (Å²) in [5.74, 6) is 0.162. The Kier molecular flexibility index (Phi) is 2.33. The first kappa shape index (κ1) is 9.69. The topological polar surface area (TPSA) is 46.2 Å². The van der Waals surface area contributed by atoms with E-state index < -0.39 is 5.60 Å². The van der Waals surface area contributed by atoms with Gasteiger partial charge in [0.2, 0.25) is 0 Å². The van der Waals surface area contributed by atoms with Crippen molar-refractivity contribution in [1.29, 1.82) is 0 Å².